The smallest absolute Gasteiger partial charge is 0.437 e. The highest BCUT2D eigenvalue weighted by Crippen LogP contribution is 2.41. The predicted octanol–water partition coefficient (Wildman–Crippen LogP) is 6.96. The Labute approximate surface area is 179 Å². The molecule has 0 saturated heterocycles. The van der Waals surface area contributed by atoms with Crippen molar-refractivity contribution in [3.63, 3.8) is 0 Å². The number of aryl methyl sites for hydroxylation is 3. The first-order valence-electron chi connectivity index (χ1n) is 10.5. The fourth-order valence-electron chi connectivity index (χ4n) is 3.68. The summed E-state index contributed by atoms with van der Waals surface area (Å²) >= 11 is 0. The molecule has 0 aliphatic rings. The van der Waals surface area contributed by atoms with E-state index >= 15 is 0 Å². The number of hydrogen-bond acceptors (Lipinski definition) is 4. The Bertz CT molecular complexity index is 1080. The van der Waals surface area contributed by atoms with E-state index in [0.717, 1.165) is 12.0 Å². The minimum atomic E-state index is -4.61. The fraction of sp³-hybridized carbons (Fsp3) is 0.417. The van der Waals surface area contributed by atoms with Gasteiger partial charge in [0.1, 0.15) is 11.8 Å². The van der Waals surface area contributed by atoms with Gasteiger partial charge in [-0.05, 0) is 36.5 Å². The van der Waals surface area contributed by atoms with Gasteiger partial charge in [0, 0.05) is 11.1 Å². The lowest BCUT2D eigenvalue weighted by molar-refractivity contribution is -0.141. The third-order valence-corrected chi connectivity index (χ3v) is 5.22. The molecule has 0 radical (unpaired) electrons. The average Bonchev–Trinajstić information content (AvgIpc) is 3.18. The average molecular weight is 430 g/mol. The topological polar surface area (TPSA) is 59.1 Å². The van der Waals surface area contributed by atoms with Crippen LogP contribution >= 0.6 is 0 Å². The molecule has 0 bridgehead atoms. The first kappa shape index (κ1) is 22.7. The Morgan fingerprint density at radius 3 is 2.32 bits per heavy atom. The zero-order valence-corrected chi connectivity index (χ0v) is 17.8. The van der Waals surface area contributed by atoms with Crippen molar-refractivity contribution in [1.82, 2.24) is 5.16 Å². The normalized spacial score (nSPS) is 12.7. The number of alkyl halides is 3. The standard InChI is InChI=1S/C24H25F3N2O2/c1-4-7-17-13-19-22(31-29-23(19)24(25,26)27)18(8-5-2)21(17)30-20(14-28)16-11-9-15(6-3)10-12-16/h9-13,20H,4-8H2,1-3H3. The zero-order valence-electron chi connectivity index (χ0n) is 17.8. The molecular formula is C24H25F3N2O2. The highest BCUT2D eigenvalue weighted by Gasteiger charge is 2.38. The van der Waals surface area contributed by atoms with Crippen LogP contribution in [0.5, 0.6) is 5.75 Å². The third kappa shape index (κ3) is 4.68. The summed E-state index contributed by atoms with van der Waals surface area (Å²) in [5, 5.41) is 13.0. The maximum Gasteiger partial charge on any atom is 0.437 e. The molecule has 4 nitrogen and oxygen atoms in total. The number of aromatic nitrogens is 1. The van der Waals surface area contributed by atoms with E-state index in [-0.39, 0.29) is 11.0 Å². The van der Waals surface area contributed by atoms with Crippen molar-refractivity contribution in [3.8, 4) is 11.8 Å². The van der Waals surface area contributed by atoms with Crippen molar-refractivity contribution < 1.29 is 22.4 Å². The molecule has 1 aromatic heterocycles. The van der Waals surface area contributed by atoms with Crippen molar-refractivity contribution >= 4 is 11.0 Å². The van der Waals surface area contributed by atoms with Crippen LogP contribution in [0.25, 0.3) is 11.0 Å². The van der Waals surface area contributed by atoms with Gasteiger partial charge >= 0.3 is 6.18 Å². The molecule has 164 valence electrons. The fourth-order valence-corrected chi connectivity index (χ4v) is 3.68. The van der Waals surface area contributed by atoms with Crippen LogP contribution in [0.15, 0.2) is 34.9 Å². The number of hydrogen-bond donors (Lipinski definition) is 0. The molecule has 1 unspecified atom stereocenters. The van der Waals surface area contributed by atoms with E-state index in [2.05, 4.69) is 11.2 Å². The van der Waals surface area contributed by atoms with Crippen LogP contribution in [-0.4, -0.2) is 5.16 Å². The summed E-state index contributed by atoms with van der Waals surface area (Å²) in [4.78, 5) is 0. The first-order chi connectivity index (χ1) is 14.8. The van der Waals surface area contributed by atoms with Crippen LogP contribution < -0.4 is 4.74 Å². The molecule has 0 aliphatic heterocycles. The largest absolute Gasteiger partial charge is 0.470 e. The summed E-state index contributed by atoms with van der Waals surface area (Å²) in [6.07, 6.45) is -2.28. The van der Waals surface area contributed by atoms with E-state index in [9.17, 15) is 18.4 Å². The predicted molar refractivity (Wildman–Crippen MR) is 112 cm³/mol. The Hall–Kier alpha value is -3.01. The molecule has 0 fully saturated rings. The van der Waals surface area contributed by atoms with Crippen LogP contribution in [0.3, 0.4) is 0 Å². The SMILES string of the molecule is CCCc1cc2c(C(F)(F)F)noc2c(CCC)c1OC(C#N)c1ccc(CC)cc1. The first-order valence-corrected chi connectivity index (χ1v) is 10.5. The van der Waals surface area contributed by atoms with Gasteiger partial charge in [-0.25, -0.2) is 0 Å². The van der Waals surface area contributed by atoms with E-state index in [1.54, 1.807) is 0 Å². The van der Waals surface area contributed by atoms with Gasteiger partial charge < -0.3 is 9.26 Å². The monoisotopic (exact) mass is 430 g/mol. The van der Waals surface area contributed by atoms with Crippen LogP contribution in [0.4, 0.5) is 13.2 Å². The van der Waals surface area contributed by atoms with E-state index in [1.165, 1.54) is 6.07 Å². The number of nitriles is 1. The molecule has 2 aromatic carbocycles. The van der Waals surface area contributed by atoms with Crippen molar-refractivity contribution in [2.24, 2.45) is 0 Å². The summed E-state index contributed by atoms with van der Waals surface area (Å²) < 4.78 is 51.6. The van der Waals surface area contributed by atoms with E-state index < -0.39 is 18.0 Å². The summed E-state index contributed by atoms with van der Waals surface area (Å²) in [6.45, 7) is 5.91. The number of benzene rings is 2. The molecule has 7 heteroatoms. The maximum atomic E-state index is 13.4. The van der Waals surface area contributed by atoms with Gasteiger partial charge in [-0.3, -0.25) is 0 Å². The third-order valence-electron chi connectivity index (χ3n) is 5.22. The summed E-state index contributed by atoms with van der Waals surface area (Å²) in [7, 11) is 0. The van der Waals surface area contributed by atoms with Gasteiger partial charge in [0.05, 0.1) is 5.39 Å². The molecule has 0 spiro atoms. The molecular weight excluding hydrogens is 405 g/mol. The number of nitrogens with zero attached hydrogens (tertiary/aromatic N) is 2. The molecule has 0 aliphatic carbocycles. The lowest BCUT2D eigenvalue weighted by Gasteiger charge is -2.20. The van der Waals surface area contributed by atoms with Crippen LogP contribution in [0, 0.1) is 11.3 Å². The lowest BCUT2D eigenvalue weighted by Crippen LogP contribution is -2.10. The molecule has 0 amide bonds. The van der Waals surface area contributed by atoms with Crippen molar-refractivity contribution in [1.29, 1.82) is 5.26 Å². The lowest BCUT2D eigenvalue weighted by atomic mass is 9.97. The molecule has 31 heavy (non-hydrogen) atoms. The summed E-state index contributed by atoms with van der Waals surface area (Å²) in [6, 6.07) is 11.2. The van der Waals surface area contributed by atoms with Gasteiger partial charge in [-0.1, -0.05) is 63.0 Å². The van der Waals surface area contributed by atoms with E-state index in [4.69, 9.17) is 9.26 Å². The minimum Gasteiger partial charge on any atom is -0.470 e. The van der Waals surface area contributed by atoms with Gasteiger partial charge in [-0.2, -0.15) is 18.4 Å². The molecule has 3 rings (SSSR count). The van der Waals surface area contributed by atoms with Gasteiger partial charge in [0.15, 0.2) is 11.3 Å². The second-order valence-electron chi connectivity index (χ2n) is 7.47. The van der Waals surface area contributed by atoms with Crippen molar-refractivity contribution in [2.75, 3.05) is 0 Å². The van der Waals surface area contributed by atoms with E-state index in [1.807, 2.05) is 45.0 Å². The van der Waals surface area contributed by atoms with Gasteiger partial charge in [-0.15, -0.1) is 0 Å². The minimum absolute atomic E-state index is 0.0624. The highest BCUT2D eigenvalue weighted by molar-refractivity contribution is 5.86. The van der Waals surface area contributed by atoms with E-state index in [0.29, 0.717) is 48.1 Å². The second kappa shape index (κ2) is 9.42. The van der Waals surface area contributed by atoms with Crippen molar-refractivity contribution in [3.05, 3.63) is 58.3 Å². The Morgan fingerprint density at radius 2 is 1.77 bits per heavy atom. The number of halogens is 3. The van der Waals surface area contributed by atoms with Gasteiger partial charge in [0.2, 0.25) is 6.10 Å². The summed E-state index contributed by atoms with van der Waals surface area (Å²) in [5.74, 6) is 0.423. The number of rotatable bonds is 8. The Kier molecular flexibility index (Phi) is 6.89. The zero-order chi connectivity index (χ0) is 22.6. The van der Waals surface area contributed by atoms with Gasteiger partial charge in [0.25, 0.3) is 0 Å². The maximum absolute atomic E-state index is 13.4. The van der Waals surface area contributed by atoms with Crippen LogP contribution in [-0.2, 0) is 25.4 Å². The molecule has 1 atom stereocenters. The molecule has 1 heterocycles. The summed E-state index contributed by atoms with van der Waals surface area (Å²) in [5.41, 5.74) is 2.02. The Balaban J connectivity index is 2.15. The molecule has 0 saturated carbocycles. The van der Waals surface area contributed by atoms with Crippen LogP contribution in [0.1, 0.15) is 67.7 Å². The number of ether oxygens (including phenoxy) is 1. The highest BCUT2D eigenvalue weighted by atomic mass is 19.4. The molecule has 0 N–H and O–H groups in total. The Morgan fingerprint density at radius 1 is 1.10 bits per heavy atom. The molecule has 3 aromatic rings. The number of fused-ring (bicyclic) bond motifs is 1. The quantitative estimate of drug-likeness (QED) is 0.388. The van der Waals surface area contributed by atoms with Crippen LogP contribution in [0.2, 0.25) is 0 Å². The second-order valence-corrected chi connectivity index (χ2v) is 7.47. The van der Waals surface area contributed by atoms with Crippen molar-refractivity contribution in [2.45, 2.75) is 65.2 Å².